The highest BCUT2D eigenvalue weighted by atomic mass is 15.1. The zero-order valence-electron chi connectivity index (χ0n) is 29.7. The van der Waals surface area contributed by atoms with Crippen LogP contribution in [0.25, 0.3) is 71.6 Å². The maximum Gasteiger partial charge on any atom is 0.0562 e. The van der Waals surface area contributed by atoms with Crippen LogP contribution >= 0.6 is 0 Å². The van der Waals surface area contributed by atoms with Crippen LogP contribution in [0.15, 0.2) is 218 Å². The number of nitrogens with zero attached hydrogens (tertiary/aromatic N) is 2. The molecular weight excluding hydrogens is 653 g/mol. The van der Waals surface area contributed by atoms with E-state index in [-0.39, 0.29) is 0 Å². The van der Waals surface area contributed by atoms with Crippen molar-refractivity contribution >= 4 is 49.6 Å². The van der Waals surface area contributed by atoms with Crippen molar-refractivity contribution in [2.45, 2.75) is 0 Å². The third kappa shape index (κ3) is 5.44. The average Bonchev–Trinajstić information content (AvgIpc) is 3.58. The molecule has 0 aliphatic heterocycles. The zero-order valence-corrected chi connectivity index (χ0v) is 29.7. The van der Waals surface area contributed by atoms with E-state index < -0.39 is 0 Å². The second-order valence-corrected chi connectivity index (χ2v) is 13.7. The van der Waals surface area contributed by atoms with Crippen molar-refractivity contribution in [3.05, 3.63) is 218 Å². The fourth-order valence-corrected chi connectivity index (χ4v) is 8.10. The quantitative estimate of drug-likeness (QED) is 0.162. The van der Waals surface area contributed by atoms with Gasteiger partial charge in [0.05, 0.1) is 22.4 Å². The Morgan fingerprint density at radius 3 is 1.59 bits per heavy atom. The molecule has 10 rings (SSSR count). The Labute approximate surface area is 315 Å². The molecule has 54 heavy (non-hydrogen) atoms. The van der Waals surface area contributed by atoms with E-state index in [0.29, 0.717) is 0 Å². The van der Waals surface area contributed by atoms with Gasteiger partial charge in [-0.05, 0) is 75.7 Å². The highest BCUT2D eigenvalue weighted by Gasteiger charge is 2.21. The number of hydrogen-bond donors (Lipinski definition) is 0. The van der Waals surface area contributed by atoms with Gasteiger partial charge in [0.25, 0.3) is 0 Å². The third-order valence-corrected chi connectivity index (χ3v) is 10.6. The molecule has 0 fully saturated rings. The number of fused-ring (bicyclic) bond motifs is 4. The van der Waals surface area contributed by atoms with Gasteiger partial charge in [0, 0.05) is 33.1 Å². The monoisotopic (exact) mass is 688 g/mol. The Morgan fingerprint density at radius 1 is 0.296 bits per heavy atom. The van der Waals surface area contributed by atoms with E-state index in [1.54, 1.807) is 0 Å². The van der Waals surface area contributed by atoms with Crippen LogP contribution in [0.4, 0.5) is 17.1 Å². The van der Waals surface area contributed by atoms with Gasteiger partial charge in [0.2, 0.25) is 0 Å². The molecule has 2 heteroatoms. The van der Waals surface area contributed by atoms with Crippen LogP contribution in [-0.4, -0.2) is 4.57 Å². The average molecular weight is 689 g/mol. The predicted octanol–water partition coefficient (Wildman–Crippen LogP) is 14.4. The molecule has 0 atom stereocenters. The number of hydrogen-bond acceptors (Lipinski definition) is 1. The Balaban J connectivity index is 1.18. The molecule has 10 aromatic rings. The maximum absolute atomic E-state index is 2.45. The topological polar surface area (TPSA) is 8.17 Å². The summed E-state index contributed by atoms with van der Waals surface area (Å²) in [6, 6.07) is 78.8. The number of anilines is 3. The van der Waals surface area contributed by atoms with E-state index in [1.807, 2.05) is 0 Å². The largest absolute Gasteiger partial charge is 0.310 e. The molecule has 9 aromatic carbocycles. The fraction of sp³-hybridized carbons (Fsp3) is 0. The van der Waals surface area contributed by atoms with Gasteiger partial charge in [-0.15, -0.1) is 0 Å². The molecule has 0 aliphatic carbocycles. The van der Waals surface area contributed by atoms with Crippen LogP contribution in [0.1, 0.15) is 0 Å². The first-order chi connectivity index (χ1) is 26.8. The van der Waals surface area contributed by atoms with Gasteiger partial charge in [-0.1, -0.05) is 176 Å². The van der Waals surface area contributed by atoms with Crippen molar-refractivity contribution in [3.63, 3.8) is 0 Å². The SMILES string of the molecule is c1ccc(-c2ccc(-c3ccccc3-n3c4ccccc4c4ccc(N(c5ccccc5)c5ccc(-c6ccccc6)c6ccccc56)cc43)cc2)cc1. The maximum atomic E-state index is 2.45. The smallest absolute Gasteiger partial charge is 0.0562 e. The van der Waals surface area contributed by atoms with E-state index in [1.165, 1.54) is 60.4 Å². The third-order valence-electron chi connectivity index (χ3n) is 10.6. The lowest BCUT2D eigenvalue weighted by atomic mass is 9.96. The number of rotatable bonds is 7. The Morgan fingerprint density at radius 2 is 0.833 bits per heavy atom. The van der Waals surface area contributed by atoms with Crippen LogP contribution in [0.5, 0.6) is 0 Å². The minimum Gasteiger partial charge on any atom is -0.310 e. The minimum absolute atomic E-state index is 1.10. The Hall–Kier alpha value is -7.16. The Bertz CT molecular complexity index is 2910. The molecule has 0 saturated heterocycles. The molecule has 0 unspecified atom stereocenters. The van der Waals surface area contributed by atoms with E-state index in [2.05, 4.69) is 228 Å². The van der Waals surface area contributed by atoms with Crippen LogP contribution < -0.4 is 4.90 Å². The van der Waals surface area contributed by atoms with Crippen molar-refractivity contribution in [3.8, 4) is 39.1 Å². The molecule has 0 bridgehead atoms. The van der Waals surface area contributed by atoms with Crippen molar-refractivity contribution < 1.29 is 0 Å². The lowest BCUT2D eigenvalue weighted by Gasteiger charge is -2.28. The minimum atomic E-state index is 1.10. The summed E-state index contributed by atoms with van der Waals surface area (Å²) < 4.78 is 2.45. The van der Waals surface area contributed by atoms with Crippen molar-refractivity contribution in [2.24, 2.45) is 0 Å². The zero-order chi connectivity index (χ0) is 35.8. The molecule has 0 spiro atoms. The molecule has 0 aliphatic rings. The molecule has 0 N–H and O–H groups in total. The van der Waals surface area contributed by atoms with Crippen molar-refractivity contribution in [1.82, 2.24) is 4.57 Å². The van der Waals surface area contributed by atoms with Gasteiger partial charge in [0.15, 0.2) is 0 Å². The number of benzene rings is 9. The standard InChI is InChI=1S/C52H36N2/c1-4-16-37(17-5-1)38-28-30-40(31-29-38)44-22-12-14-26-49(44)54-50-27-15-13-25-47(50)48-33-32-42(36-52(48)54)53(41-20-8-3-9-21-41)51-35-34-43(39-18-6-2-7-19-39)45-23-10-11-24-46(45)51/h1-36H. The van der Waals surface area contributed by atoms with Gasteiger partial charge in [0.1, 0.15) is 0 Å². The van der Waals surface area contributed by atoms with Crippen LogP contribution in [0, 0.1) is 0 Å². The molecule has 0 radical (unpaired) electrons. The first-order valence-corrected chi connectivity index (χ1v) is 18.5. The molecule has 1 heterocycles. The summed E-state index contributed by atoms with van der Waals surface area (Å²) in [5.74, 6) is 0. The number of aromatic nitrogens is 1. The van der Waals surface area contributed by atoms with Crippen LogP contribution in [-0.2, 0) is 0 Å². The summed E-state index contributed by atoms with van der Waals surface area (Å²) in [6.45, 7) is 0. The van der Waals surface area contributed by atoms with Gasteiger partial charge in [-0.25, -0.2) is 0 Å². The molecule has 254 valence electrons. The summed E-state index contributed by atoms with van der Waals surface area (Å²) in [5.41, 5.74) is 14.1. The lowest BCUT2D eigenvalue weighted by Crippen LogP contribution is -2.10. The van der Waals surface area contributed by atoms with Crippen LogP contribution in [0.2, 0.25) is 0 Å². The van der Waals surface area contributed by atoms with Gasteiger partial charge < -0.3 is 9.47 Å². The Kier molecular flexibility index (Phi) is 7.85. The molecule has 2 nitrogen and oxygen atoms in total. The summed E-state index contributed by atoms with van der Waals surface area (Å²) in [4.78, 5) is 2.41. The van der Waals surface area contributed by atoms with E-state index in [4.69, 9.17) is 0 Å². The second-order valence-electron chi connectivity index (χ2n) is 13.7. The summed E-state index contributed by atoms with van der Waals surface area (Å²) in [7, 11) is 0. The first kappa shape index (κ1) is 31.6. The second kappa shape index (κ2) is 13.4. The molecule has 0 saturated carbocycles. The first-order valence-electron chi connectivity index (χ1n) is 18.5. The fourth-order valence-electron chi connectivity index (χ4n) is 8.10. The predicted molar refractivity (Wildman–Crippen MR) is 229 cm³/mol. The van der Waals surface area contributed by atoms with Gasteiger partial charge in [-0.3, -0.25) is 0 Å². The van der Waals surface area contributed by atoms with Gasteiger partial charge >= 0.3 is 0 Å². The summed E-state index contributed by atoms with van der Waals surface area (Å²) in [5, 5.41) is 4.88. The molecule has 1 aromatic heterocycles. The summed E-state index contributed by atoms with van der Waals surface area (Å²) in [6.07, 6.45) is 0. The highest BCUT2D eigenvalue weighted by Crippen LogP contribution is 2.44. The normalized spacial score (nSPS) is 11.3. The van der Waals surface area contributed by atoms with E-state index >= 15 is 0 Å². The van der Waals surface area contributed by atoms with Gasteiger partial charge in [-0.2, -0.15) is 0 Å². The number of para-hydroxylation sites is 3. The summed E-state index contributed by atoms with van der Waals surface area (Å²) >= 11 is 0. The van der Waals surface area contributed by atoms with E-state index in [0.717, 1.165) is 28.3 Å². The van der Waals surface area contributed by atoms with E-state index in [9.17, 15) is 0 Å². The lowest BCUT2D eigenvalue weighted by molar-refractivity contribution is 1.18. The van der Waals surface area contributed by atoms with Crippen LogP contribution in [0.3, 0.4) is 0 Å². The highest BCUT2D eigenvalue weighted by molar-refractivity contribution is 6.12. The van der Waals surface area contributed by atoms with Crippen molar-refractivity contribution in [1.29, 1.82) is 0 Å². The van der Waals surface area contributed by atoms with Crippen molar-refractivity contribution in [2.75, 3.05) is 4.90 Å². The molecule has 0 amide bonds. The molecular formula is C52H36N2.